The van der Waals surface area contributed by atoms with Crippen LogP contribution in [-0.4, -0.2) is 0 Å². The van der Waals surface area contributed by atoms with Crippen LogP contribution in [0.4, 0.5) is 4.39 Å². The lowest BCUT2D eigenvalue weighted by atomic mass is 10.4. The second-order valence-corrected chi connectivity index (χ2v) is 1.20. The fourth-order valence-corrected chi connectivity index (χ4v) is 0.281. The van der Waals surface area contributed by atoms with Crippen molar-refractivity contribution in [1.29, 1.82) is 0 Å². The molecule has 0 bridgehead atoms. The SMILES string of the molecule is CC/C=C(/C)F. The van der Waals surface area contributed by atoms with Gasteiger partial charge in [0.05, 0.1) is 5.83 Å². The fourth-order valence-electron chi connectivity index (χ4n) is 0.281. The van der Waals surface area contributed by atoms with Crippen molar-refractivity contribution in [3.8, 4) is 0 Å². The maximum atomic E-state index is 11.6. The molecule has 0 aromatic carbocycles. The maximum Gasteiger partial charge on any atom is 0.0928 e. The second kappa shape index (κ2) is 2.88. The highest BCUT2D eigenvalue weighted by Gasteiger charge is 1.72. The van der Waals surface area contributed by atoms with Crippen molar-refractivity contribution in [3.05, 3.63) is 11.9 Å². The summed E-state index contributed by atoms with van der Waals surface area (Å²) in [5.41, 5.74) is 0. The molecule has 0 aromatic rings. The highest BCUT2D eigenvalue weighted by Crippen LogP contribution is 1.92. The van der Waals surface area contributed by atoms with Crippen LogP contribution in [0, 0.1) is 0 Å². The lowest BCUT2D eigenvalue weighted by Crippen LogP contribution is -1.55. The minimum Gasteiger partial charge on any atom is -0.212 e. The van der Waals surface area contributed by atoms with Crippen molar-refractivity contribution in [2.24, 2.45) is 0 Å². The largest absolute Gasteiger partial charge is 0.212 e. The van der Waals surface area contributed by atoms with E-state index in [0.717, 1.165) is 6.42 Å². The van der Waals surface area contributed by atoms with Crippen LogP contribution < -0.4 is 0 Å². The smallest absolute Gasteiger partial charge is 0.0928 e. The second-order valence-electron chi connectivity index (χ2n) is 1.20. The van der Waals surface area contributed by atoms with Gasteiger partial charge in [0.2, 0.25) is 0 Å². The molecule has 0 N–H and O–H groups in total. The molecule has 0 aromatic heterocycles. The van der Waals surface area contributed by atoms with Crippen molar-refractivity contribution in [1.82, 2.24) is 0 Å². The molecule has 0 fully saturated rings. The zero-order valence-electron chi connectivity index (χ0n) is 4.16. The van der Waals surface area contributed by atoms with E-state index in [1.165, 1.54) is 6.92 Å². The van der Waals surface area contributed by atoms with Crippen molar-refractivity contribution in [3.63, 3.8) is 0 Å². The van der Waals surface area contributed by atoms with Crippen LogP contribution in [0.5, 0.6) is 0 Å². The molecule has 0 aliphatic heterocycles. The zero-order chi connectivity index (χ0) is 4.99. The zero-order valence-corrected chi connectivity index (χ0v) is 4.16. The lowest BCUT2D eigenvalue weighted by Gasteiger charge is -1.75. The van der Waals surface area contributed by atoms with Crippen LogP contribution in [0.15, 0.2) is 11.9 Å². The molecule has 6 heavy (non-hydrogen) atoms. The molecule has 0 saturated heterocycles. The highest BCUT2D eigenvalue weighted by molar-refractivity contribution is 4.84. The Kier molecular flexibility index (Phi) is 2.73. The average molecular weight is 88.1 g/mol. The third-order valence-electron chi connectivity index (χ3n) is 0.485. The lowest BCUT2D eigenvalue weighted by molar-refractivity contribution is 0.635. The van der Waals surface area contributed by atoms with E-state index in [9.17, 15) is 4.39 Å². The summed E-state index contributed by atoms with van der Waals surface area (Å²) in [5.74, 6) is -0.0856. The number of rotatable bonds is 1. The van der Waals surface area contributed by atoms with Crippen LogP contribution in [-0.2, 0) is 0 Å². The summed E-state index contributed by atoms with van der Waals surface area (Å²) >= 11 is 0. The van der Waals surface area contributed by atoms with Gasteiger partial charge in [-0.25, -0.2) is 4.39 Å². The highest BCUT2D eigenvalue weighted by atomic mass is 19.1. The van der Waals surface area contributed by atoms with Gasteiger partial charge >= 0.3 is 0 Å². The monoisotopic (exact) mass is 88.1 g/mol. The third kappa shape index (κ3) is 3.67. The molecule has 0 amide bonds. The van der Waals surface area contributed by atoms with E-state index in [1.54, 1.807) is 6.08 Å². The van der Waals surface area contributed by atoms with Crippen LogP contribution >= 0.6 is 0 Å². The van der Waals surface area contributed by atoms with Gasteiger partial charge in [-0.15, -0.1) is 0 Å². The predicted octanol–water partition coefficient (Wildman–Crippen LogP) is 2.27. The topological polar surface area (TPSA) is 0 Å². The molecule has 1 heteroatoms. The molecule has 0 unspecified atom stereocenters. The van der Waals surface area contributed by atoms with Gasteiger partial charge in [-0.2, -0.15) is 0 Å². The summed E-state index contributed by atoms with van der Waals surface area (Å²) in [5, 5.41) is 0. The van der Waals surface area contributed by atoms with Crippen molar-refractivity contribution in [2.75, 3.05) is 0 Å². The minimum atomic E-state index is -0.0856. The van der Waals surface area contributed by atoms with Crippen LogP contribution in [0.1, 0.15) is 20.3 Å². The summed E-state index contributed by atoms with van der Waals surface area (Å²) in [4.78, 5) is 0. The van der Waals surface area contributed by atoms with E-state index in [1.807, 2.05) is 6.92 Å². The van der Waals surface area contributed by atoms with E-state index >= 15 is 0 Å². The minimum absolute atomic E-state index is 0.0856. The van der Waals surface area contributed by atoms with Gasteiger partial charge in [0.15, 0.2) is 0 Å². The molecule has 0 heterocycles. The maximum absolute atomic E-state index is 11.6. The molecular weight excluding hydrogens is 79.1 g/mol. The van der Waals surface area contributed by atoms with Gasteiger partial charge in [-0.1, -0.05) is 13.0 Å². The normalized spacial score (nSPS) is 12.2. The summed E-state index contributed by atoms with van der Waals surface area (Å²) in [7, 11) is 0. The van der Waals surface area contributed by atoms with Crippen LogP contribution in [0.3, 0.4) is 0 Å². The number of allylic oxidation sites excluding steroid dienone is 2. The van der Waals surface area contributed by atoms with Crippen LogP contribution in [0.25, 0.3) is 0 Å². The Balaban J connectivity index is 3.14. The van der Waals surface area contributed by atoms with Gasteiger partial charge in [0.25, 0.3) is 0 Å². The first kappa shape index (κ1) is 5.67. The van der Waals surface area contributed by atoms with E-state index in [2.05, 4.69) is 0 Å². The Morgan fingerprint density at radius 2 is 2.33 bits per heavy atom. The van der Waals surface area contributed by atoms with Crippen molar-refractivity contribution >= 4 is 0 Å². The third-order valence-corrected chi connectivity index (χ3v) is 0.485. The molecule has 0 nitrogen and oxygen atoms in total. The average Bonchev–Trinajstić information content (AvgIpc) is 1.35. The molecule has 0 aliphatic carbocycles. The van der Waals surface area contributed by atoms with E-state index in [4.69, 9.17) is 0 Å². The van der Waals surface area contributed by atoms with Gasteiger partial charge in [-0.05, 0) is 13.3 Å². The molecule has 0 rings (SSSR count). The first-order valence-electron chi connectivity index (χ1n) is 2.09. The van der Waals surface area contributed by atoms with E-state index in [-0.39, 0.29) is 5.83 Å². The number of hydrogen-bond donors (Lipinski definition) is 0. The molecule has 0 radical (unpaired) electrons. The van der Waals surface area contributed by atoms with Crippen molar-refractivity contribution in [2.45, 2.75) is 20.3 Å². The molecule has 36 valence electrons. The summed E-state index contributed by atoms with van der Waals surface area (Å²) in [6.07, 6.45) is 2.34. The Bertz CT molecular complexity index is 51.0. The Labute approximate surface area is 37.7 Å². The molecule has 0 atom stereocenters. The van der Waals surface area contributed by atoms with Gasteiger partial charge < -0.3 is 0 Å². The van der Waals surface area contributed by atoms with Gasteiger partial charge in [-0.3, -0.25) is 0 Å². The summed E-state index contributed by atoms with van der Waals surface area (Å²) in [6, 6.07) is 0. The quantitative estimate of drug-likeness (QED) is 0.461. The predicted molar refractivity (Wildman–Crippen MR) is 25.2 cm³/mol. The standard InChI is InChI=1S/C5H9F/c1-3-4-5(2)6/h4H,3H2,1-2H3/b5-4-. The summed E-state index contributed by atoms with van der Waals surface area (Å²) in [6.45, 7) is 3.35. The summed E-state index contributed by atoms with van der Waals surface area (Å²) < 4.78 is 11.6. The Morgan fingerprint density at radius 3 is 2.33 bits per heavy atom. The Morgan fingerprint density at radius 1 is 1.83 bits per heavy atom. The Hall–Kier alpha value is -0.330. The molecule has 0 spiro atoms. The molecular formula is C5H9F. The first-order chi connectivity index (χ1) is 2.77. The number of hydrogen-bond acceptors (Lipinski definition) is 0. The van der Waals surface area contributed by atoms with E-state index < -0.39 is 0 Å². The molecule has 0 aliphatic rings. The van der Waals surface area contributed by atoms with Crippen LogP contribution in [0.2, 0.25) is 0 Å². The van der Waals surface area contributed by atoms with Crippen molar-refractivity contribution < 1.29 is 4.39 Å². The molecule has 0 saturated carbocycles. The van der Waals surface area contributed by atoms with Gasteiger partial charge in [0, 0.05) is 0 Å². The first-order valence-corrected chi connectivity index (χ1v) is 2.09. The fraction of sp³-hybridized carbons (Fsp3) is 0.600. The number of halogens is 1. The van der Waals surface area contributed by atoms with Gasteiger partial charge in [0.1, 0.15) is 0 Å². The van der Waals surface area contributed by atoms with E-state index in [0.29, 0.717) is 0 Å².